The van der Waals surface area contributed by atoms with E-state index in [1.54, 1.807) is 0 Å². The molecule has 0 aliphatic heterocycles. The lowest BCUT2D eigenvalue weighted by Gasteiger charge is -2.04. The van der Waals surface area contributed by atoms with E-state index in [0.29, 0.717) is 0 Å². The van der Waals surface area contributed by atoms with Crippen molar-refractivity contribution in [3.8, 4) is 0 Å². The summed E-state index contributed by atoms with van der Waals surface area (Å²) >= 11 is 0. The van der Waals surface area contributed by atoms with Crippen molar-refractivity contribution in [2.24, 2.45) is 0 Å². The minimum absolute atomic E-state index is 0.830. The lowest BCUT2D eigenvalue weighted by molar-refractivity contribution is 0.133. The van der Waals surface area contributed by atoms with E-state index in [0.717, 1.165) is 39.1 Å². The maximum atomic E-state index is 5.44. The van der Waals surface area contributed by atoms with Gasteiger partial charge in [-0.05, 0) is 39.3 Å². The van der Waals surface area contributed by atoms with E-state index in [2.05, 4.69) is 18.8 Å². The predicted molar refractivity (Wildman–Crippen MR) is 58.0 cm³/mol. The van der Waals surface area contributed by atoms with Crippen molar-refractivity contribution in [1.29, 1.82) is 0 Å². The Morgan fingerprint density at radius 1 is 1.31 bits per heavy atom. The van der Waals surface area contributed by atoms with Crippen LogP contribution in [-0.2, 0) is 4.74 Å². The molecule has 1 N–H and O–H groups in total. The molecule has 0 aliphatic carbocycles. The van der Waals surface area contributed by atoms with Crippen LogP contribution in [0.2, 0.25) is 0 Å². The van der Waals surface area contributed by atoms with Gasteiger partial charge in [0.05, 0.1) is 6.61 Å². The predicted octanol–water partition coefficient (Wildman–Crippen LogP) is 2.36. The average molecular weight is 185 g/mol. The summed E-state index contributed by atoms with van der Waals surface area (Å²) in [4.78, 5) is 0. The fourth-order valence-corrected chi connectivity index (χ4v) is 0.979. The van der Waals surface area contributed by atoms with E-state index in [1.165, 1.54) is 12.0 Å². The molecule has 0 saturated carbocycles. The van der Waals surface area contributed by atoms with Crippen LogP contribution in [0, 0.1) is 0 Å². The smallest absolute Gasteiger partial charge is 0.0502 e. The molecule has 0 aromatic rings. The largest absolute Gasteiger partial charge is 0.381 e. The van der Waals surface area contributed by atoms with Gasteiger partial charge in [-0.3, -0.25) is 0 Å². The lowest BCUT2D eigenvalue weighted by atomic mass is 10.2. The standard InChI is InChI=1S/C11H23NO/c1-4-12-8-5-6-9-13-10-7-11(2)3/h12H,2,4-10H2,1,3H3. The SMILES string of the molecule is C=C(C)CCOCCCCNCC. The van der Waals surface area contributed by atoms with Crippen LogP contribution in [0.15, 0.2) is 12.2 Å². The molecule has 0 fully saturated rings. The first kappa shape index (κ1) is 12.7. The first-order valence-electron chi connectivity index (χ1n) is 5.20. The third-order valence-electron chi connectivity index (χ3n) is 1.82. The Balaban J connectivity index is 2.87. The summed E-state index contributed by atoms with van der Waals surface area (Å²) in [5.41, 5.74) is 1.20. The van der Waals surface area contributed by atoms with Gasteiger partial charge in [-0.25, -0.2) is 0 Å². The van der Waals surface area contributed by atoms with Crippen LogP contribution in [0.1, 0.15) is 33.1 Å². The van der Waals surface area contributed by atoms with Crippen LogP contribution in [0.5, 0.6) is 0 Å². The van der Waals surface area contributed by atoms with Gasteiger partial charge in [0.15, 0.2) is 0 Å². The Morgan fingerprint density at radius 3 is 2.69 bits per heavy atom. The summed E-state index contributed by atoms with van der Waals surface area (Å²) in [5, 5.41) is 3.29. The number of ether oxygens (including phenoxy) is 1. The van der Waals surface area contributed by atoms with Crippen molar-refractivity contribution in [2.75, 3.05) is 26.3 Å². The Labute approximate surface area is 82.4 Å². The fraction of sp³-hybridized carbons (Fsp3) is 0.818. The van der Waals surface area contributed by atoms with Gasteiger partial charge in [-0.15, -0.1) is 6.58 Å². The molecule has 13 heavy (non-hydrogen) atoms. The van der Waals surface area contributed by atoms with Gasteiger partial charge in [0, 0.05) is 6.61 Å². The van der Waals surface area contributed by atoms with Crippen molar-refractivity contribution >= 4 is 0 Å². The second kappa shape index (κ2) is 9.75. The highest BCUT2D eigenvalue weighted by molar-refractivity contribution is 4.86. The molecule has 2 heteroatoms. The molecule has 0 amide bonds. The number of hydrogen-bond acceptors (Lipinski definition) is 2. The summed E-state index contributed by atoms with van der Waals surface area (Å²) < 4.78 is 5.44. The van der Waals surface area contributed by atoms with E-state index < -0.39 is 0 Å². The molecule has 0 aromatic carbocycles. The van der Waals surface area contributed by atoms with Gasteiger partial charge in [-0.1, -0.05) is 12.5 Å². The summed E-state index contributed by atoms with van der Waals surface area (Å²) in [5.74, 6) is 0. The average Bonchev–Trinajstić information content (AvgIpc) is 2.09. The molecule has 0 bridgehead atoms. The molecule has 0 radical (unpaired) electrons. The first-order valence-corrected chi connectivity index (χ1v) is 5.20. The lowest BCUT2D eigenvalue weighted by Crippen LogP contribution is -2.14. The summed E-state index contributed by atoms with van der Waals surface area (Å²) in [6.45, 7) is 11.9. The maximum absolute atomic E-state index is 5.44. The maximum Gasteiger partial charge on any atom is 0.0502 e. The molecule has 0 spiro atoms. The normalized spacial score (nSPS) is 10.3. The van der Waals surface area contributed by atoms with Gasteiger partial charge in [0.25, 0.3) is 0 Å². The second-order valence-corrected chi connectivity index (χ2v) is 3.38. The summed E-state index contributed by atoms with van der Waals surface area (Å²) in [6, 6.07) is 0. The molecule has 78 valence electrons. The minimum Gasteiger partial charge on any atom is -0.381 e. The molecule has 0 saturated heterocycles. The van der Waals surface area contributed by atoms with E-state index in [9.17, 15) is 0 Å². The van der Waals surface area contributed by atoms with Crippen molar-refractivity contribution in [1.82, 2.24) is 5.32 Å². The quantitative estimate of drug-likeness (QED) is 0.440. The Kier molecular flexibility index (Phi) is 9.49. The molecular weight excluding hydrogens is 162 g/mol. The molecule has 2 nitrogen and oxygen atoms in total. The third kappa shape index (κ3) is 11.7. The second-order valence-electron chi connectivity index (χ2n) is 3.38. The first-order chi connectivity index (χ1) is 6.27. The van der Waals surface area contributed by atoms with Crippen LogP contribution >= 0.6 is 0 Å². The molecule has 0 rings (SSSR count). The number of rotatable bonds is 9. The highest BCUT2D eigenvalue weighted by atomic mass is 16.5. The summed E-state index contributed by atoms with van der Waals surface area (Å²) in [7, 11) is 0. The Hall–Kier alpha value is -0.340. The Morgan fingerprint density at radius 2 is 2.08 bits per heavy atom. The van der Waals surface area contributed by atoms with Gasteiger partial charge in [0.2, 0.25) is 0 Å². The zero-order chi connectivity index (χ0) is 9.94. The molecule has 0 heterocycles. The van der Waals surface area contributed by atoms with E-state index >= 15 is 0 Å². The van der Waals surface area contributed by atoms with Crippen LogP contribution < -0.4 is 5.32 Å². The molecule has 0 unspecified atom stereocenters. The number of hydrogen-bond donors (Lipinski definition) is 1. The molecule has 0 aliphatic rings. The van der Waals surface area contributed by atoms with Crippen molar-refractivity contribution in [2.45, 2.75) is 33.1 Å². The van der Waals surface area contributed by atoms with Crippen LogP contribution in [-0.4, -0.2) is 26.3 Å². The number of nitrogens with one attached hydrogen (secondary N) is 1. The third-order valence-corrected chi connectivity index (χ3v) is 1.82. The zero-order valence-electron chi connectivity index (χ0n) is 9.07. The van der Waals surface area contributed by atoms with Crippen LogP contribution in [0.4, 0.5) is 0 Å². The van der Waals surface area contributed by atoms with Crippen molar-refractivity contribution in [3.05, 3.63) is 12.2 Å². The van der Waals surface area contributed by atoms with Crippen LogP contribution in [0.3, 0.4) is 0 Å². The highest BCUT2D eigenvalue weighted by Crippen LogP contribution is 1.96. The van der Waals surface area contributed by atoms with Gasteiger partial charge in [0.1, 0.15) is 0 Å². The van der Waals surface area contributed by atoms with Crippen molar-refractivity contribution in [3.63, 3.8) is 0 Å². The summed E-state index contributed by atoms with van der Waals surface area (Å²) in [6.07, 6.45) is 3.36. The van der Waals surface area contributed by atoms with E-state index in [4.69, 9.17) is 4.74 Å². The van der Waals surface area contributed by atoms with Gasteiger partial charge >= 0.3 is 0 Å². The van der Waals surface area contributed by atoms with Gasteiger partial charge < -0.3 is 10.1 Å². The molecular formula is C11H23NO. The molecule has 0 atom stereocenters. The van der Waals surface area contributed by atoms with Crippen LogP contribution in [0.25, 0.3) is 0 Å². The highest BCUT2D eigenvalue weighted by Gasteiger charge is 1.90. The molecule has 0 aromatic heterocycles. The van der Waals surface area contributed by atoms with Crippen molar-refractivity contribution < 1.29 is 4.74 Å². The zero-order valence-corrected chi connectivity index (χ0v) is 9.07. The topological polar surface area (TPSA) is 21.3 Å². The van der Waals surface area contributed by atoms with Gasteiger partial charge in [-0.2, -0.15) is 0 Å². The minimum atomic E-state index is 0.830. The fourth-order valence-electron chi connectivity index (χ4n) is 0.979. The van der Waals surface area contributed by atoms with E-state index in [1.807, 2.05) is 6.92 Å². The van der Waals surface area contributed by atoms with E-state index in [-0.39, 0.29) is 0 Å². The monoisotopic (exact) mass is 185 g/mol. The number of unbranched alkanes of at least 4 members (excludes halogenated alkanes) is 1. The Bertz CT molecular complexity index is 123.